The highest BCUT2D eigenvalue weighted by atomic mass is 32.1. The summed E-state index contributed by atoms with van der Waals surface area (Å²) in [6.45, 7) is 2.62. The molecule has 0 unspecified atom stereocenters. The fraction of sp³-hybridized carbons (Fsp3) is 0.167. The Hall–Kier alpha value is -2.73. The third kappa shape index (κ3) is 5.17. The van der Waals surface area contributed by atoms with Crippen molar-refractivity contribution in [1.29, 1.82) is 0 Å². The Bertz CT molecular complexity index is 732. The molecule has 0 fully saturated rings. The second-order valence-electron chi connectivity index (χ2n) is 5.11. The maximum absolute atomic E-state index is 12.0. The molecule has 2 aromatic carbocycles. The van der Waals surface area contributed by atoms with E-state index in [1.165, 1.54) is 0 Å². The van der Waals surface area contributed by atoms with E-state index in [2.05, 4.69) is 16.0 Å². The summed E-state index contributed by atoms with van der Waals surface area (Å²) in [5.74, 6) is -0.426. The molecule has 0 spiro atoms. The molecular formula is C18H19N3O2S. The molecule has 0 atom stereocenters. The number of thiocarbonyl (C=S) groups is 1. The molecule has 0 aliphatic heterocycles. The Morgan fingerprint density at radius 1 is 0.958 bits per heavy atom. The van der Waals surface area contributed by atoms with Gasteiger partial charge in [0.1, 0.15) is 0 Å². The predicted octanol–water partition coefficient (Wildman–Crippen LogP) is 2.95. The van der Waals surface area contributed by atoms with Gasteiger partial charge in [-0.3, -0.25) is 14.9 Å². The lowest BCUT2D eigenvalue weighted by Crippen LogP contribution is -2.34. The summed E-state index contributed by atoms with van der Waals surface area (Å²) < 4.78 is 0. The van der Waals surface area contributed by atoms with Gasteiger partial charge in [0.05, 0.1) is 0 Å². The van der Waals surface area contributed by atoms with Gasteiger partial charge in [0.2, 0.25) is 0 Å². The molecule has 5 nitrogen and oxygen atoms in total. The van der Waals surface area contributed by atoms with Crippen LogP contribution < -0.4 is 16.0 Å². The highest BCUT2D eigenvalue weighted by Gasteiger charge is 2.09. The second kappa shape index (κ2) is 8.79. The summed E-state index contributed by atoms with van der Waals surface area (Å²) in [7, 11) is 0. The SMILES string of the molecule is CCCNC(=O)c1cccc(NC(=S)NC(=O)c2ccccc2)c1. The van der Waals surface area contributed by atoms with Crippen molar-refractivity contribution < 1.29 is 9.59 Å². The monoisotopic (exact) mass is 341 g/mol. The molecular weight excluding hydrogens is 322 g/mol. The molecule has 0 aliphatic carbocycles. The molecule has 3 N–H and O–H groups in total. The summed E-state index contributed by atoms with van der Waals surface area (Å²) in [6, 6.07) is 15.7. The van der Waals surface area contributed by atoms with Crippen LogP contribution in [-0.2, 0) is 0 Å². The zero-order valence-corrected chi connectivity index (χ0v) is 14.2. The van der Waals surface area contributed by atoms with Gasteiger partial charge in [-0.05, 0) is 49.0 Å². The lowest BCUT2D eigenvalue weighted by molar-refractivity contribution is 0.0951. The molecule has 0 heterocycles. The maximum Gasteiger partial charge on any atom is 0.257 e. The van der Waals surface area contributed by atoms with Gasteiger partial charge in [0.15, 0.2) is 5.11 Å². The zero-order chi connectivity index (χ0) is 17.4. The van der Waals surface area contributed by atoms with Crippen molar-refractivity contribution in [3.05, 3.63) is 65.7 Å². The number of nitrogens with one attached hydrogen (secondary N) is 3. The third-order valence-electron chi connectivity index (χ3n) is 3.18. The highest BCUT2D eigenvalue weighted by molar-refractivity contribution is 7.80. The Morgan fingerprint density at radius 3 is 2.38 bits per heavy atom. The van der Waals surface area contributed by atoms with E-state index in [1.807, 2.05) is 13.0 Å². The summed E-state index contributed by atoms with van der Waals surface area (Å²) in [5.41, 5.74) is 1.69. The second-order valence-corrected chi connectivity index (χ2v) is 5.52. The molecule has 2 aromatic rings. The average molecular weight is 341 g/mol. The first-order valence-electron chi connectivity index (χ1n) is 7.66. The fourth-order valence-corrected chi connectivity index (χ4v) is 2.22. The molecule has 2 rings (SSSR count). The number of rotatable bonds is 5. The molecule has 124 valence electrons. The zero-order valence-electron chi connectivity index (χ0n) is 13.3. The van der Waals surface area contributed by atoms with E-state index < -0.39 is 0 Å². The van der Waals surface area contributed by atoms with Gasteiger partial charge in [-0.15, -0.1) is 0 Å². The minimum atomic E-state index is -0.287. The van der Waals surface area contributed by atoms with Crippen molar-refractivity contribution in [3.8, 4) is 0 Å². The van der Waals surface area contributed by atoms with Crippen molar-refractivity contribution in [2.45, 2.75) is 13.3 Å². The van der Waals surface area contributed by atoms with Crippen molar-refractivity contribution in [2.24, 2.45) is 0 Å². The minimum Gasteiger partial charge on any atom is -0.352 e. The van der Waals surface area contributed by atoms with Crippen LogP contribution in [-0.4, -0.2) is 23.5 Å². The molecule has 0 aromatic heterocycles. The number of hydrogen-bond acceptors (Lipinski definition) is 3. The molecule has 6 heteroatoms. The molecule has 0 saturated carbocycles. The first-order chi connectivity index (χ1) is 11.6. The van der Waals surface area contributed by atoms with Gasteiger partial charge < -0.3 is 10.6 Å². The van der Waals surface area contributed by atoms with E-state index in [-0.39, 0.29) is 16.9 Å². The number of amides is 2. The van der Waals surface area contributed by atoms with Gasteiger partial charge in [-0.25, -0.2) is 0 Å². The lowest BCUT2D eigenvalue weighted by Gasteiger charge is -2.11. The topological polar surface area (TPSA) is 70.2 Å². The minimum absolute atomic E-state index is 0.139. The van der Waals surface area contributed by atoms with Crippen LogP contribution in [0.5, 0.6) is 0 Å². The van der Waals surface area contributed by atoms with Gasteiger partial charge in [0, 0.05) is 23.4 Å². The van der Waals surface area contributed by atoms with Crippen LogP contribution in [0.1, 0.15) is 34.1 Å². The van der Waals surface area contributed by atoms with Gasteiger partial charge >= 0.3 is 0 Å². The first kappa shape index (κ1) is 17.6. The van der Waals surface area contributed by atoms with Crippen LogP contribution in [0, 0.1) is 0 Å². The normalized spacial score (nSPS) is 9.88. The van der Waals surface area contributed by atoms with Crippen molar-refractivity contribution >= 4 is 34.8 Å². The third-order valence-corrected chi connectivity index (χ3v) is 3.39. The van der Waals surface area contributed by atoms with E-state index in [1.54, 1.807) is 48.5 Å². The van der Waals surface area contributed by atoms with Crippen LogP contribution in [0.25, 0.3) is 0 Å². The van der Waals surface area contributed by atoms with Crippen molar-refractivity contribution in [1.82, 2.24) is 10.6 Å². The summed E-state index contributed by atoms with van der Waals surface area (Å²) in [5, 5.41) is 8.51. The van der Waals surface area contributed by atoms with Crippen LogP contribution in [0.15, 0.2) is 54.6 Å². The van der Waals surface area contributed by atoms with Crippen LogP contribution in [0.2, 0.25) is 0 Å². The number of carbonyl (C=O) groups excluding carboxylic acids is 2. The van der Waals surface area contributed by atoms with E-state index in [9.17, 15) is 9.59 Å². The number of hydrogen-bond donors (Lipinski definition) is 3. The Morgan fingerprint density at radius 2 is 1.67 bits per heavy atom. The van der Waals surface area contributed by atoms with Crippen LogP contribution in [0.4, 0.5) is 5.69 Å². The van der Waals surface area contributed by atoms with Gasteiger partial charge in [-0.1, -0.05) is 31.2 Å². The standard InChI is InChI=1S/C18H19N3O2S/c1-2-11-19-16(22)14-9-6-10-15(12-14)20-18(24)21-17(23)13-7-4-3-5-8-13/h3-10,12H,2,11H2,1H3,(H,19,22)(H2,20,21,23,24). The largest absolute Gasteiger partial charge is 0.352 e. The van der Waals surface area contributed by atoms with Gasteiger partial charge in [0.25, 0.3) is 11.8 Å². The average Bonchev–Trinajstić information content (AvgIpc) is 2.60. The fourth-order valence-electron chi connectivity index (χ4n) is 2.01. The Balaban J connectivity index is 1.96. The highest BCUT2D eigenvalue weighted by Crippen LogP contribution is 2.11. The molecule has 0 bridgehead atoms. The van der Waals surface area contributed by atoms with Gasteiger partial charge in [-0.2, -0.15) is 0 Å². The number of benzene rings is 2. The first-order valence-corrected chi connectivity index (χ1v) is 8.06. The van der Waals surface area contributed by atoms with E-state index in [0.29, 0.717) is 23.4 Å². The van der Waals surface area contributed by atoms with Crippen LogP contribution >= 0.6 is 12.2 Å². The van der Waals surface area contributed by atoms with E-state index in [4.69, 9.17) is 12.2 Å². The lowest BCUT2D eigenvalue weighted by atomic mass is 10.2. The summed E-state index contributed by atoms with van der Waals surface area (Å²) in [4.78, 5) is 24.0. The van der Waals surface area contributed by atoms with Crippen molar-refractivity contribution in [3.63, 3.8) is 0 Å². The van der Waals surface area contributed by atoms with Crippen LogP contribution in [0.3, 0.4) is 0 Å². The number of anilines is 1. The number of carbonyl (C=O) groups is 2. The Labute approximate surface area is 146 Å². The molecule has 0 saturated heterocycles. The van der Waals surface area contributed by atoms with E-state index >= 15 is 0 Å². The predicted molar refractivity (Wildman–Crippen MR) is 99.2 cm³/mol. The maximum atomic E-state index is 12.0. The Kier molecular flexibility index (Phi) is 6.45. The molecule has 0 aliphatic rings. The molecule has 0 radical (unpaired) electrons. The smallest absolute Gasteiger partial charge is 0.257 e. The summed E-state index contributed by atoms with van der Waals surface area (Å²) in [6.07, 6.45) is 0.874. The quantitative estimate of drug-likeness (QED) is 0.731. The molecule has 24 heavy (non-hydrogen) atoms. The van der Waals surface area contributed by atoms with E-state index in [0.717, 1.165) is 6.42 Å². The van der Waals surface area contributed by atoms with Crippen molar-refractivity contribution in [2.75, 3.05) is 11.9 Å². The molecule has 2 amide bonds. The summed E-state index contributed by atoms with van der Waals surface area (Å²) >= 11 is 5.15.